The van der Waals surface area contributed by atoms with Gasteiger partial charge in [-0.25, -0.2) is 4.79 Å². The van der Waals surface area contributed by atoms with Gasteiger partial charge in [0.15, 0.2) is 11.4 Å². The Labute approximate surface area is 127 Å². The quantitative estimate of drug-likeness (QED) is 0.861. The molecule has 0 spiro atoms. The van der Waals surface area contributed by atoms with Gasteiger partial charge in [-0.1, -0.05) is 22.9 Å². The lowest BCUT2D eigenvalue weighted by Gasteiger charge is -2.32. The fourth-order valence-electron chi connectivity index (χ4n) is 2.53. The van der Waals surface area contributed by atoms with Gasteiger partial charge in [0.25, 0.3) is 5.91 Å². The molecule has 114 valence electrons. The summed E-state index contributed by atoms with van der Waals surface area (Å²) in [5.74, 6) is -0.0339. The number of nitrogens with one attached hydrogen (secondary N) is 1. The molecule has 0 unspecified atom stereocenters. The average molecular weight is 300 g/mol. The molecule has 0 saturated carbocycles. The van der Waals surface area contributed by atoms with Crippen LogP contribution in [-0.4, -0.2) is 22.6 Å². The Morgan fingerprint density at radius 2 is 2.09 bits per heavy atom. The van der Waals surface area contributed by atoms with Crippen molar-refractivity contribution in [2.24, 2.45) is 0 Å². The number of hydrogen-bond donors (Lipinski definition) is 1. The number of esters is 1. The number of nitrogens with zero attached hydrogens (tertiary/aromatic N) is 1. The molecule has 1 aliphatic heterocycles. The summed E-state index contributed by atoms with van der Waals surface area (Å²) in [7, 11) is 0. The van der Waals surface area contributed by atoms with E-state index in [-0.39, 0.29) is 0 Å². The Bertz CT molecular complexity index is 765. The first kappa shape index (κ1) is 14.3. The summed E-state index contributed by atoms with van der Waals surface area (Å²) in [4.78, 5) is 24.6. The van der Waals surface area contributed by atoms with Crippen molar-refractivity contribution in [1.29, 1.82) is 0 Å². The van der Waals surface area contributed by atoms with E-state index in [0.717, 1.165) is 11.1 Å². The zero-order valence-corrected chi connectivity index (χ0v) is 12.6. The SMILES string of the molecule is Cc1ccc2c(c1)C[C@](C)(C(=O)Nc1cc(C)on1)OC2=O. The second kappa shape index (κ2) is 4.98. The van der Waals surface area contributed by atoms with Crippen LogP contribution in [0.3, 0.4) is 0 Å². The van der Waals surface area contributed by atoms with Crippen LogP contribution in [0.2, 0.25) is 0 Å². The molecule has 0 saturated heterocycles. The third-order valence-corrected chi connectivity index (χ3v) is 3.68. The Kier molecular flexibility index (Phi) is 3.24. The van der Waals surface area contributed by atoms with Crippen LogP contribution in [0.1, 0.15) is 34.2 Å². The molecule has 2 aromatic rings. The third-order valence-electron chi connectivity index (χ3n) is 3.68. The lowest BCUT2D eigenvalue weighted by molar-refractivity contribution is -0.134. The summed E-state index contributed by atoms with van der Waals surface area (Å²) in [6, 6.07) is 7.08. The van der Waals surface area contributed by atoms with E-state index in [1.165, 1.54) is 0 Å². The highest BCUT2D eigenvalue weighted by molar-refractivity contribution is 6.02. The average Bonchev–Trinajstić information content (AvgIpc) is 2.83. The monoisotopic (exact) mass is 300 g/mol. The molecular weight excluding hydrogens is 284 g/mol. The van der Waals surface area contributed by atoms with Gasteiger partial charge in [-0.15, -0.1) is 0 Å². The Morgan fingerprint density at radius 1 is 1.32 bits per heavy atom. The van der Waals surface area contributed by atoms with Crippen LogP contribution in [0.4, 0.5) is 5.82 Å². The molecule has 1 aliphatic rings. The number of benzene rings is 1. The van der Waals surface area contributed by atoms with Gasteiger partial charge in [0.2, 0.25) is 0 Å². The number of hydrogen-bond acceptors (Lipinski definition) is 5. The van der Waals surface area contributed by atoms with Crippen molar-refractivity contribution < 1.29 is 18.8 Å². The van der Waals surface area contributed by atoms with E-state index >= 15 is 0 Å². The first-order valence-electron chi connectivity index (χ1n) is 6.95. The van der Waals surface area contributed by atoms with Crippen molar-refractivity contribution in [3.63, 3.8) is 0 Å². The topological polar surface area (TPSA) is 81.4 Å². The minimum atomic E-state index is -1.27. The summed E-state index contributed by atoms with van der Waals surface area (Å²) in [6.45, 7) is 5.26. The van der Waals surface area contributed by atoms with Gasteiger partial charge >= 0.3 is 5.97 Å². The van der Waals surface area contributed by atoms with E-state index in [9.17, 15) is 9.59 Å². The maximum absolute atomic E-state index is 12.5. The second-order valence-electron chi connectivity index (χ2n) is 5.73. The Morgan fingerprint density at radius 3 is 2.77 bits per heavy atom. The largest absolute Gasteiger partial charge is 0.445 e. The first-order valence-corrected chi connectivity index (χ1v) is 6.95. The van der Waals surface area contributed by atoms with Gasteiger partial charge in [0.1, 0.15) is 5.76 Å². The van der Waals surface area contributed by atoms with Crippen LogP contribution in [0.25, 0.3) is 0 Å². The number of cyclic esters (lactones) is 1. The smallest absolute Gasteiger partial charge is 0.339 e. The van der Waals surface area contributed by atoms with Crippen molar-refractivity contribution in [1.82, 2.24) is 5.16 Å². The fourth-order valence-corrected chi connectivity index (χ4v) is 2.53. The standard InChI is InChI=1S/C16H16N2O4/c1-9-4-5-12-11(6-9)8-16(3,21-14(12)19)15(20)17-13-7-10(2)22-18-13/h4-7H,8H2,1-3H3,(H,17,18,20)/t16-/m1/s1. The van der Waals surface area contributed by atoms with E-state index in [2.05, 4.69) is 10.5 Å². The minimum absolute atomic E-state index is 0.301. The number of carbonyl (C=O) groups is 2. The lowest BCUT2D eigenvalue weighted by Crippen LogP contribution is -2.49. The van der Waals surface area contributed by atoms with Gasteiger partial charge in [0.05, 0.1) is 5.56 Å². The van der Waals surface area contributed by atoms with Gasteiger partial charge in [-0.2, -0.15) is 0 Å². The van der Waals surface area contributed by atoms with Gasteiger partial charge in [-0.3, -0.25) is 4.79 Å². The van der Waals surface area contributed by atoms with Crippen LogP contribution in [0.15, 0.2) is 28.8 Å². The first-order chi connectivity index (χ1) is 10.4. The summed E-state index contributed by atoms with van der Waals surface area (Å²) in [5, 5.41) is 6.33. The molecule has 1 aromatic heterocycles. The number of anilines is 1. The third kappa shape index (κ3) is 2.47. The zero-order chi connectivity index (χ0) is 15.9. The summed E-state index contributed by atoms with van der Waals surface area (Å²) >= 11 is 0. The zero-order valence-electron chi connectivity index (χ0n) is 12.6. The highest BCUT2D eigenvalue weighted by Crippen LogP contribution is 2.30. The van der Waals surface area contributed by atoms with E-state index in [1.54, 1.807) is 26.0 Å². The molecular formula is C16H16N2O4. The molecule has 6 nitrogen and oxygen atoms in total. The molecule has 0 bridgehead atoms. The molecule has 1 aromatic carbocycles. The summed E-state index contributed by atoms with van der Waals surface area (Å²) in [5.41, 5.74) is 1.08. The van der Waals surface area contributed by atoms with Crippen LogP contribution >= 0.6 is 0 Å². The maximum atomic E-state index is 12.5. The number of carbonyl (C=O) groups excluding carboxylic acids is 2. The Hall–Kier alpha value is -2.63. The number of rotatable bonds is 2. The van der Waals surface area contributed by atoms with Crippen molar-refractivity contribution >= 4 is 17.7 Å². The number of aryl methyl sites for hydroxylation is 2. The molecule has 0 fully saturated rings. The molecule has 0 radical (unpaired) electrons. The molecule has 3 rings (SSSR count). The lowest BCUT2D eigenvalue weighted by atomic mass is 9.88. The molecule has 1 N–H and O–H groups in total. The van der Waals surface area contributed by atoms with Crippen molar-refractivity contribution in [2.45, 2.75) is 32.8 Å². The molecule has 22 heavy (non-hydrogen) atoms. The van der Waals surface area contributed by atoms with E-state index in [1.807, 2.05) is 19.1 Å². The predicted molar refractivity (Wildman–Crippen MR) is 78.6 cm³/mol. The van der Waals surface area contributed by atoms with E-state index < -0.39 is 17.5 Å². The van der Waals surface area contributed by atoms with Gasteiger partial charge in [-0.05, 0) is 32.4 Å². The molecule has 0 aliphatic carbocycles. The van der Waals surface area contributed by atoms with Crippen LogP contribution in [0.5, 0.6) is 0 Å². The number of ether oxygens (including phenoxy) is 1. The predicted octanol–water partition coefficient (Wildman–Crippen LogP) is 2.40. The number of fused-ring (bicyclic) bond motifs is 1. The summed E-state index contributed by atoms with van der Waals surface area (Å²) < 4.78 is 10.3. The molecule has 2 heterocycles. The van der Waals surface area contributed by atoms with Crippen LogP contribution in [0, 0.1) is 13.8 Å². The fraction of sp³-hybridized carbons (Fsp3) is 0.312. The van der Waals surface area contributed by atoms with Crippen LogP contribution < -0.4 is 5.32 Å². The van der Waals surface area contributed by atoms with E-state index in [0.29, 0.717) is 23.6 Å². The second-order valence-corrected chi connectivity index (χ2v) is 5.73. The minimum Gasteiger partial charge on any atom is -0.445 e. The number of amides is 1. The number of aromatic nitrogens is 1. The highest BCUT2D eigenvalue weighted by atomic mass is 16.6. The molecule has 6 heteroatoms. The van der Waals surface area contributed by atoms with Crippen molar-refractivity contribution in [3.8, 4) is 0 Å². The van der Waals surface area contributed by atoms with Crippen molar-refractivity contribution in [3.05, 3.63) is 46.7 Å². The van der Waals surface area contributed by atoms with Gasteiger partial charge in [0, 0.05) is 12.5 Å². The normalized spacial score (nSPS) is 20.2. The van der Waals surface area contributed by atoms with Crippen molar-refractivity contribution in [2.75, 3.05) is 5.32 Å². The Balaban J connectivity index is 1.87. The highest BCUT2D eigenvalue weighted by Gasteiger charge is 2.43. The maximum Gasteiger partial charge on any atom is 0.339 e. The molecule has 1 atom stereocenters. The molecule has 1 amide bonds. The van der Waals surface area contributed by atoms with E-state index in [4.69, 9.17) is 9.26 Å². The summed E-state index contributed by atoms with van der Waals surface area (Å²) in [6.07, 6.45) is 0.318. The van der Waals surface area contributed by atoms with Crippen LogP contribution in [-0.2, 0) is 16.0 Å². The van der Waals surface area contributed by atoms with Gasteiger partial charge < -0.3 is 14.6 Å².